The largest absolute Gasteiger partial charge is 0.465 e. The fraction of sp³-hybridized carbons (Fsp3) is 0.500. The summed E-state index contributed by atoms with van der Waals surface area (Å²) in [7, 11) is 0. The van der Waals surface area contributed by atoms with Crippen molar-refractivity contribution in [1.29, 1.82) is 0 Å². The first-order valence-electron chi connectivity index (χ1n) is 11.2. The number of amides is 1. The van der Waals surface area contributed by atoms with Gasteiger partial charge in [-0.3, -0.25) is 4.90 Å². The maximum absolute atomic E-state index is 13.7. The van der Waals surface area contributed by atoms with Gasteiger partial charge in [0.15, 0.2) is 16.8 Å². The van der Waals surface area contributed by atoms with E-state index in [9.17, 15) is 18.7 Å². The minimum Gasteiger partial charge on any atom is -0.465 e. The Balaban J connectivity index is 0.000000453. The van der Waals surface area contributed by atoms with Gasteiger partial charge in [-0.15, -0.1) is 11.3 Å². The van der Waals surface area contributed by atoms with Crippen LogP contribution in [0.3, 0.4) is 0 Å². The van der Waals surface area contributed by atoms with E-state index < -0.39 is 18.8 Å². The van der Waals surface area contributed by atoms with Crippen molar-refractivity contribution in [3.05, 3.63) is 23.7 Å². The van der Waals surface area contributed by atoms with Gasteiger partial charge in [-0.25, -0.2) is 9.78 Å². The summed E-state index contributed by atoms with van der Waals surface area (Å²) < 4.78 is 42.9. The monoisotopic (exact) mass is 510 g/mol. The number of piperazine rings is 1. The normalized spacial score (nSPS) is 21.5. The quantitative estimate of drug-likeness (QED) is 0.530. The first-order valence-corrected chi connectivity index (χ1v) is 12.1. The average Bonchev–Trinajstić information content (AvgIpc) is 3.62. The van der Waals surface area contributed by atoms with E-state index in [2.05, 4.69) is 14.7 Å². The fourth-order valence-corrected chi connectivity index (χ4v) is 5.16. The van der Waals surface area contributed by atoms with Gasteiger partial charge in [-0.1, -0.05) is 0 Å². The number of carbonyl (C=O) groups is 1. The molecule has 2 aromatic heterocycles. The number of aliphatic hydroxyl groups is 1. The first kappa shape index (κ1) is 23.7. The van der Waals surface area contributed by atoms with Gasteiger partial charge in [-0.2, -0.15) is 13.8 Å². The van der Waals surface area contributed by atoms with Crippen LogP contribution in [0.15, 0.2) is 28.1 Å². The molecular formula is C22H24F2N4O6S. The highest BCUT2D eigenvalue weighted by molar-refractivity contribution is 7.13. The minimum atomic E-state index is -3.77. The molecule has 0 radical (unpaired) electrons. The molecule has 4 aliphatic rings. The summed E-state index contributed by atoms with van der Waals surface area (Å²) in [6.07, 6.45) is 0.210. The van der Waals surface area contributed by atoms with E-state index in [-0.39, 0.29) is 34.9 Å². The summed E-state index contributed by atoms with van der Waals surface area (Å²) in [6.45, 7) is 1.31. The van der Waals surface area contributed by atoms with Crippen LogP contribution in [-0.4, -0.2) is 82.3 Å². The number of aliphatic hydroxyl groups excluding tert-OH is 1. The van der Waals surface area contributed by atoms with Gasteiger partial charge in [0.25, 0.3) is 6.01 Å². The van der Waals surface area contributed by atoms with Crippen molar-refractivity contribution >= 4 is 34.5 Å². The SMILES string of the molecule is C1CCOC1.O=C(O)N1C2CC1CN(c1nc3c(OC(F)(F)CO)ccc(-c4nccs4)c3o1)C2. The summed E-state index contributed by atoms with van der Waals surface area (Å²) in [6, 6.07) is 2.77. The van der Waals surface area contributed by atoms with Crippen LogP contribution in [0.25, 0.3) is 21.7 Å². The summed E-state index contributed by atoms with van der Waals surface area (Å²) in [5.41, 5.74) is 0.897. The van der Waals surface area contributed by atoms with Crippen molar-refractivity contribution in [2.45, 2.75) is 37.5 Å². The second-order valence-corrected chi connectivity index (χ2v) is 9.37. The molecule has 0 spiro atoms. The first-order chi connectivity index (χ1) is 16.9. The molecule has 35 heavy (non-hydrogen) atoms. The molecule has 10 nitrogen and oxygen atoms in total. The van der Waals surface area contributed by atoms with Crippen LogP contribution < -0.4 is 9.64 Å². The molecule has 7 rings (SSSR count). The zero-order valence-corrected chi connectivity index (χ0v) is 19.4. The Morgan fingerprint density at radius 2 is 2.00 bits per heavy atom. The third-order valence-corrected chi connectivity index (χ3v) is 6.92. The molecule has 0 aliphatic carbocycles. The number of anilines is 1. The van der Waals surface area contributed by atoms with E-state index in [0.29, 0.717) is 23.7 Å². The van der Waals surface area contributed by atoms with Crippen LogP contribution in [0.2, 0.25) is 0 Å². The number of oxazole rings is 1. The lowest BCUT2D eigenvalue weighted by Crippen LogP contribution is -2.70. The number of hydrogen-bond acceptors (Lipinski definition) is 9. The average molecular weight is 511 g/mol. The highest BCUT2D eigenvalue weighted by Crippen LogP contribution is 2.41. The van der Waals surface area contributed by atoms with E-state index in [1.807, 2.05) is 0 Å². The number of fused-ring (bicyclic) bond motifs is 3. The van der Waals surface area contributed by atoms with Crippen LogP contribution in [-0.2, 0) is 4.74 Å². The molecule has 4 aliphatic heterocycles. The Morgan fingerprint density at radius 1 is 1.26 bits per heavy atom. The number of nitrogens with zero attached hydrogens (tertiary/aromatic N) is 4. The number of rotatable bonds is 5. The zero-order chi connectivity index (χ0) is 24.6. The molecule has 2 bridgehead atoms. The standard InChI is InChI=1S/C18H16F2N4O5S.C4H8O/c19-18(20,8-25)29-12-2-1-11(15-21-3-4-30-15)14-13(12)22-16(28-14)23-6-9-5-10(7-23)24(9)17(26)27;1-2-4-5-3-1/h1-4,9-10,25H,5-8H2,(H,26,27);1-4H2. The van der Waals surface area contributed by atoms with Crippen LogP contribution in [0.1, 0.15) is 19.3 Å². The van der Waals surface area contributed by atoms with Gasteiger partial charge in [0.05, 0.1) is 17.6 Å². The van der Waals surface area contributed by atoms with E-state index in [1.165, 1.54) is 35.1 Å². The molecule has 1 aromatic carbocycles. The maximum Gasteiger partial charge on any atom is 0.421 e. The molecule has 2 unspecified atom stereocenters. The molecule has 13 heteroatoms. The number of carboxylic acid groups (broad SMARTS) is 1. The number of halogens is 2. The predicted molar refractivity (Wildman–Crippen MR) is 122 cm³/mol. The van der Waals surface area contributed by atoms with Gasteiger partial charge >= 0.3 is 12.2 Å². The Labute approximate surface area is 202 Å². The van der Waals surface area contributed by atoms with Crippen molar-refractivity contribution in [3.8, 4) is 16.3 Å². The highest BCUT2D eigenvalue weighted by Gasteiger charge is 2.48. The van der Waals surface area contributed by atoms with E-state index >= 15 is 0 Å². The summed E-state index contributed by atoms with van der Waals surface area (Å²) >= 11 is 1.36. The number of ether oxygens (including phenoxy) is 2. The lowest BCUT2D eigenvalue weighted by molar-refractivity contribution is -0.200. The highest BCUT2D eigenvalue weighted by atomic mass is 32.1. The number of benzene rings is 1. The van der Waals surface area contributed by atoms with E-state index in [4.69, 9.17) is 14.3 Å². The van der Waals surface area contributed by atoms with Gasteiger partial charge in [-0.05, 0) is 31.4 Å². The molecule has 2 atom stereocenters. The summed E-state index contributed by atoms with van der Waals surface area (Å²) in [5.74, 6) is -0.228. The minimum absolute atomic E-state index is 0.0835. The van der Waals surface area contributed by atoms with Crippen molar-refractivity contribution in [2.24, 2.45) is 0 Å². The van der Waals surface area contributed by atoms with Gasteiger partial charge in [0.2, 0.25) is 0 Å². The molecule has 3 aromatic rings. The van der Waals surface area contributed by atoms with E-state index in [1.54, 1.807) is 22.5 Å². The fourth-order valence-electron chi connectivity index (χ4n) is 4.50. The lowest BCUT2D eigenvalue weighted by Gasteiger charge is -2.54. The van der Waals surface area contributed by atoms with Crippen LogP contribution >= 0.6 is 11.3 Å². The van der Waals surface area contributed by atoms with Crippen LogP contribution in [0.4, 0.5) is 19.6 Å². The molecule has 2 N–H and O–H groups in total. The van der Waals surface area contributed by atoms with Crippen molar-refractivity contribution in [3.63, 3.8) is 0 Å². The summed E-state index contributed by atoms with van der Waals surface area (Å²) in [5, 5.41) is 20.5. The molecule has 4 saturated heterocycles. The third-order valence-electron chi connectivity index (χ3n) is 6.11. The lowest BCUT2D eigenvalue weighted by atomic mass is 9.88. The Bertz CT molecular complexity index is 1170. The molecule has 1 amide bonds. The van der Waals surface area contributed by atoms with Crippen molar-refractivity contribution in [1.82, 2.24) is 14.9 Å². The molecule has 188 valence electrons. The maximum atomic E-state index is 13.7. The number of aromatic nitrogens is 2. The molecule has 4 fully saturated rings. The molecule has 0 saturated carbocycles. The van der Waals surface area contributed by atoms with Crippen LogP contribution in [0.5, 0.6) is 5.75 Å². The second kappa shape index (κ2) is 9.55. The summed E-state index contributed by atoms with van der Waals surface area (Å²) in [4.78, 5) is 23.2. The van der Waals surface area contributed by atoms with Crippen molar-refractivity contribution in [2.75, 3.05) is 37.8 Å². The van der Waals surface area contributed by atoms with E-state index in [0.717, 1.165) is 19.6 Å². The third kappa shape index (κ3) is 4.75. The van der Waals surface area contributed by atoms with Gasteiger partial charge < -0.3 is 29.0 Å². The smallest absolute Gasteiger partial charge is 0.421 e. The number of thiazole rings is 1. The predicted octanol–water partition coefficient (Wildman–Crippen LogP) is 3.65. The van der Waals surface area contributed by atoms with Crippen LogP contribution in [0, 0.1) is 0 Å². The Hall–Kier alpha value is -3.03. The number of piperidine rings is 1. The number of hydrogen-bond donors (Lipinski definition) is 2. The van der Waals surface area contributed by atoms with Gasteiger partial charge in [0, 0.05) is 37.9 Å². The second-order valence-electron chi connectivity index (χ2n) is 8.48. The molecule has 6 heterocycles. The molecular weight excluding hydrogens is 486 g/mol. The Kier molecular flexibility index (Phi) is 6.47. The topological polar surface area (TPSA) is 121 Å². The number of alkyl halides is 2. The zero-order valence-electron chi connectivity index (χ0n) is 18.6. The van der Waals surface area contributed by atoms with Crippen molar-refractivity contribution < 1.29 is 37.7 Å². The van der Waals surface area contributed by atoms with Gasteiger partial charge in [0.1, 0.15) is 11.6 Å². The Morgan fingerprint density at radius 3 is 2.57 bits per heavy atom.